The van der Waals surface area contributed by atoms with E-state index in [4.69, 9.17) is 33.7 Å². The Morgan fingerprint density at radius 3 is 2.29 bits per heavy atom. The van der Waals surface area contributed by atoms with Gasteiger partial charge in [-0.3, -0.25) is 0 Å². The number of hydrogen-bond acceptors (Lipinski definition) is 3. The highest BCUT2D eigenvalue weighted by molar-refractivity contribution is 6.39. The molecular weight excluding hydrogens is 259 g/mol. The molecule has 0 aliphatic rings. The van der Waals surface area contributed by atoms with Crippen LogP contribution in [0.4, 0.5) is 11.4 Å². The van der Waals surface area contributed by atoms with Gasteiger partial charge in [0.15, 0.2) is 0 Å². The van der Waals surface area contributed by atoms with Gasteiger partial charge in [-0.1, -0.05) is 23.2 Å². The predicted octanol–water partition coefficient (Wildman–Crippen LogP) is 3.44. The highest BCUT2D eigenvalue weighted by atomic mass is 35.5. The van der Waals surface area contributed by atoms with Gasteiger partial charge in [0.1, 0.15) is 0 Å². The molecule has 3 nitrogen and oxygen atoms in total. The van der Waals surface area contributed by atoms with Gasteiger partial charge in [0.2, 0.25) is 0 Å². The van der Waals surface area contributed by atoms with Crippen LogP contribution in [-0.2, 0) is 4.74 Å². The first-order chi connectivity index (χ1) is 8.01. The Morgan fingerprint density at radius 2 is 1.88 bits per heavy atom. The van der Waals surface area contributed by atoms with Crippen LogP contribution < -0.4 is 10.6 Å². The van der Waals surface area contributed by atoms with E-state index in [1.807, 2.05) is 0 Å². The summed E-state index contributed by atoms with van der Waals surface area (Å²) in [6, 6.07) is 3.62. The van der Waals surface area contributed by atoms with Crippen LogP contribution in [0, 0.1) is 0 Å². The van der Waals surface area contributed by atoms with Gasteiger partial charge in [-0.25, -0.2) is 0 Å². The molecule has 1 unspecified atom stereocenters. The fourth-order valence-corrected chi connectivity index (χ4v) is 2.60. The standard InChI is InChI=1S/C12H18Cl2N2O/c1-4-16(8(2)7-17-3)12-10(13)5-9(15)6-11(12)14/h5-6,8H,4,7,15H2,1-3H3. The van der Waals surface area contributed by atoms with E-state index in [1.165, 1.54) is 0 Å². The second-order valence-corrected chi connectivity index (χ2v) is 4.74. The summed E-state index contributed by atoms with van der Waals surface area (Å²) in [6.07, 6.45) is 0. The Hall–Kier alpha value is -0.640. The van der Waals surface area contributed by atoms with Gasteiger partial charge in [-0.2, -0.15) is 0 Å². The number of nitrogens with two attached hydrogens (primary N) is 1. The van der Waals surface area contributed by atoms with E-state index < -0.39 is 0 Å². The first-order valence-corrected chi connectivity index (χ1v) is 6.26. The third-order valence-corrected chi connectivity index (χ3v) is 3.18. The molecule has 1 aromatic rings. The highest BCUT2D eigenvalue weighted by Crippen LogP contribution is 2.36. The smallest absolute Gasteiger partial charge is 0.0749 e. The SMILES string of the molecule is CCN(c1c(Cl)cc(N)cc1Cl)C(C)COC. The second kappa shape index (κ2) is 6.34. The molecule has 0 spiro atoms. The van der Waals surface area contributed by atoms with Gasteiger partial charge < -0.3 is 15.4 Å². The van der Waals surface area contributed by atoms with Crippen LogP contribution in [0.3, 0.4) is 0 Å². The predicted molar refractivity (Wildman–Crippen MR) is 75.2 cm³/mol. The summed E-state index contributed by atoms with van der Waals surface area (Å²) in [5.41, 5.74) is 7.08. The molecule has 0 saturated heterocycles. The molecule has 2 N–H and O–H groups in total. The lowest BCUT2D eigenvalue weighted by atomic mass is 10.2. The number of methoxy groups -OCH3 is 1. The molecule has 1 atom stereocenters. The molecule has 0 amide bonds. The van der Waals surface area contributed by atoms with Gasteiger partial charge in [0.05, 0.1) is 22.3 Å². The second-order valence-electron chi connectivity index (χ2n) is 3.92. The maximum atomic E-state index is 6.21. The molecular formula is C12H18Cl2N2O. The van der Waals surface area contributed by atoms with Crippen LogP contribution in [0.1, 0.15) is 13.8 Å². The molecule has 0 radical (unpaired) electrons. The maximum absolute atomic E-state index is 6.21. The third-order valence-electron chi connectivity index (χ3n) is 2.61. The summed E-state index contributed by atoms with van der Waals surface area (Å²) >= 11 is 12.4. The van der Waals surface area contributed by atoms with E-state index in [2.05, 4.69) is 18.7 Å². The van der Waals surface area contributed by atoms with Crippen molar-refractivity contribution in [3.05, 3.63) is 22.2 Å². The summed E-state index contributed by atoms with van der Waals surface area (Å²) in [5.74, 6) is 0. The molecule has 96 valence electrons. The van der Waals surface area contributed by atoms with Gasteiger partial charge >= 0.3 is 0 Å². The number of hydrogen-bond donors (Lipinski definition) is 1. The maximum Gasteiger partial charge on any atom is 0.0749 e. The summed E-state index contributed by atoms with van der Waals surface area (Å²) in [7, 11) is 1.68. The first-order valence-electron chi connectivity index (χ1n) is 5.51. The lowest BCUT2D eigenvalue weighted by molar-refractivity contribution is 0.182. The first kappa shape index (κ1) is 14.4. The van der Waals surface area contributed by atoms with Crippen LogP contribution in [-0.4, -0.2) is 26.3 Å². The quantitative estimate of drug-likeness (QED) is 0.838. The van der Waals surface area contributed by atoms with E-state index in [9.17, 15) is 0 Å². The summed E-state index contributed by atoms with van der Waals surface area (Å²) in [6.45, 7) is 5.53. The molecule has 0 aliphatic carbocycles. The number of nitrogens with zero attached hydrogens (tertiary/aromatic N) is 1. The van der Waals surface area contributed by atoms with E-state index in [0.29, 0.717) is 22.3 Å². The zero-order chi connectivity index (χ0) is 13.0. The topological polar surface area (TPSA) is 38.5 Å². The van der Waals surface area contributed by atoms with Crippen LogP contribution in [0.15, 0.2) is 12.1 Å². The van der Waals surface area contributed by atoms with E-state index in [0.717, 1.165) is 12.2 Å². The number of halogens is 2. The van der Waals surface area contributed by atoms with E-state index in [-0.39, 0.29) is 6.04 Å². The average Bonchev–Trinajstić information content (AvgIpc) is 2.23. The number of nitrogen functional groups attached to an aromatic ring is 1. The van der Waals surface area contributed by atoms with Crippen LogP contribution in [0.2, 0.25) is 10.0 Å². The van der Waals surface area contributed by atoms with Crippen LogP contribution in [0.25, 0.3) is 0 Å². The summed E-state index contributed by atoms with van der Waals surface area (Å²) < 4.78 is 5.16. The Morgan fingerprint density at radius 1 is 1.35 bits per heavy atom. The normalized spacial score (nSPS) is 12.5. The third kappa shape index (κ3) is 3.41. The van der Waals surface area contributed by atoms with Gasteiger partial charge in [-0.15, -0.1) is 0 Å². The van der Waals surface area contributed by atoms with Gasteiger partial charge in [0.25, 0.3) is 0 Å². The highest BCUT2D eigenvalue weighted by Gasteiger charge is 2.18. The van der Waals surface area contributed by atoms with Crippen molar-refractivity contribution in [3.8, 4) is 0 Å². The zero-order valence-corrected chi connectivity index (χ0v) is 11.8. The van der Waals surface area contributed by atoms with Crippen LogP contribution in [0.5, 0.6) is 0 Å². The largest absolute Gasteiger partial charge is 0.399 e. The van der Waals surface area contributed by atoms with Crippen molar-refractivity contribution in [2.24, 2.45) is 0 Å². The van der Waals surface area contributed by atoms with Crippen molar-refractivity contribution in [1.82, 2.24) is 0 Å². The van der Waals surface area contributed by atoms with Gasteiger partial charge in [0, 0.05) is 25.4 Å². The van der Waals surface area contributed by atoms with Crippen molar-refractivity contribution in [2.45, 2.75) is 19.9 Å². The summed E-state index contributed by atoms with van der Waals surface area (Å²) in [5, 5.41) is 1.14. The Kier molecular flexibility index (Phi) is 5.37. The van der Waals surface area contributed by atoms with Crippen molar-refractivity contribution in [2.75, 3.05) is 30.9 Å². The molecule has 0 bridgehead atoms. The lowest BCUT2D eigenvalue weighted by Crippen LogP contribution is -2.36. The fraction of sp³-hybridized carbons (Fsp3) is 0.500. The fourth-order valence-electron chi connectivity index (χ4n) is 1.88. The van der Waals surface area contributed by atoms with E-state index >= 15 is 0 Å². The number of likely N-dealkylation sites (N-methyl/N-ethyl adjacent to an activating group) is 1. The Balaban J connectivity index is 3.11. The zero-order valence-electron chi connectivity index (χ0n) is 10.3. The minimum absolute atomic E-state index is 0.198. The number of anilines is 2. The molecule has 0 aromatic heterocycles. The number of benzene rings is 1. The monoisotopic (exact) mass is 276 g/mol. The van der Waals surface area contributed by atoms with Crippen molar-refractivity contribution < 1.29 is 4.74 Å². The van der Waals surface area contributed by atoms with Crippen LogP contribution >= 0.6 is 23.2 Å². The molecule has 0 fully saturated rings. The minimum Gasteiger partial charge on any atom is -0.399 e. The molecule has 1 rings (SSSR count). The van der Waals surface area contributed by atoms with Crippen molar-refractivity contribution in [3.63, 3.8) is 0 Å². The summed E-state index contributed by atoms with van der Waals surface area (Å²) in [4.78, 5) is 2.10. The average molecular weight is 277 g/mol. The van der Waals surface area contributed by atoms with Crippen molar-refractivity contribution >= 4 is 34.6 Å². The molecule has 17 heavy (non-hydrogen) atoms. The van der Waals surface area contributed by atoms with Crippen molar-refractivity contribution in [1.29, 1.82) is 0 Å². The number of ether oxygens (including phenoxy) is 1. The van der Waals surface area contributed by atoms with E-state index in [1.54, 1.807) is 19.2 Å². The van der Waals surface area contributed by atoms with Gasteiger partial charge in [-0.05, 0) is 26.0 Å². The number of rotatable bonds is 5. The molecule has 1 aromatic carbocycles. The minimum atomic E-state index is 0.198. The lowest BCUT2D eigenvalue weighted by Gasteiger charge is -2.31. The molecule has 5 heteroatoms. The molecule has 0 aliphatic heterocycles. The Bertz CT molecular complexity index is 362. The molecule has 0 heterocycles. The molecule has 0 saturated carbocycles. The Labute approximate surface area is 112 Å².